The largest absolute Gasteiger partial charge is 0.504 e. The van der Waals surface area contributed by atoms with Crippen molar-refractivity contribution >= 4 is 0 Å². The fourth-order valence-electron chi connectivity index (χ4n) is 11.7. The van der Waals surface area contributed by atoms with Gasteiger partial charge in [-0.3, -0.25) is 0 Å². The topological polar surface area (TPSA) is 215 Å². The van der Waals surface area contributed by atoms with Crippen LogP contribution in [0.3, 0.4) is 0 Å². The molecule has 0 amide bonds. The van der Waals surface area contributed by atoms with Crippen molar-refractivity contribution < 1.29 is 34.7 Å². The van der Waals surface area contributed by atoms with Crippen molar-refractivity contribution in [3.63, 3.8) is 0 Å². The summed E-state index contributed by atoms with van der Waals surface area (Å²) in [5, 5.41) is 59.5. The molecule has 12 heteroatoms. The smallest absolute Gasteiger partial charge is 0.161 e. The minimum Gasteiger partial charge on any atom is -0.504 e. The second-order valence-electron chi connectivity index (χ2n) is 19.9. The number of aliphatic hydroxyl groups excluding tert-OH is 4. The normalized spacial score (nSPS) is 22.2. The van der Waals surface area contributed by atoms with E-state index in [-0.39, 0.29) is 31.1 Å². The standard InChI is InChI=1S/C52H79N5O7/c1-34(59)30-55-31-43-41-10-8-11-44(41)52(22-6-7-23-52)29-46-42(43)28-45(57-46)48(62)33-63-50-25-35(15-20-47(50)61)14-19-40-27-37(32-58)49(64-40)12-5-3-2-4-9-38(53)16-18-39(60)17-13-36-21-24-56-51(54)26-36/h15,20-21,25-28,34,38-39,41,43-44,48,55-62H,2-14,16-19,22-24,29-33,53-54H2,1H3. The number of aromatic hydroxyl groups is 1. The minimum atomic E-state index is -0.891. The fraction of sp³-hybridized carbons (Fsp3) is 0.654. The number of hydrogen-bond acceptors (Lipinski definition) is 11. The molecular weight excluding hydrogens is 807 g/mol. The SMILES string of the molecule is CC(O)CNCC1c2cc(C(O)COc3cc(CCc4cc(CO)c(CCCCCCC(N)CCC(O)CCC5=CCNC(N)=C5)o4)ccc3O)[nH]c2CC2(CCCC2)C2CCCC12. The van der Waals surface area contributed by atoms with E-state index >= 15 is 0 Å². The van der Waals surface area contributed by atoms with E-state index in [9.17, 15) is 25.5 Å². The molecule has 12 nitrogen and oxygen atoms in total. The molecule has 2 saturated carbocycles. The first-order valence-corrected chi connectivity index (χ1v) is 24.8. The summed E-state index contributed by atoms with van der Waals surface area (Å²) in [6, 6.07) is 9.59. The lowest BCUT2D eigenvalue weighted by molar-refractivity contribution is 0.101. The number of phenolic OH excluding ortho intramolecular Hbond substituents is 1. The number of rotatable bonds is 25. The fourth-order valence-corrected chi connectivity index (χ4v) is 11.7. The molecular formula is C52H79N5O7. The maximum atomic E-state index is 11.5. The lowest BCUT2D eigenvalue weighted by atomic mass is 9.66. The van der Waals surface area contributed by atoms with Gasteiger partial charge in [-0.25, -0.2) is 0 Å². The lowest BCUT2D eigenvalue weighted by Gasteiger charge is -2.39. The van der Waals surface area contributed by atoms with Gasteiger partial charge in [0.25, 0.3) is 0 Å². The molecule has 354 valence electrons. The van der Waals surface area contributed by atoms with Crippen molar-refractivity contribution in [2.75, 3.05) is 26.2 Å². The monoisotopic (exact) mass is 886 g/mol. The van der Waals surface area contributed by atoms with E-state index in [1.54, 1.807) is 6.07 Å². The van der Waals surface area contributed by atoms with Crippen molar-refractivity contribution in [2.45, 2.75) is 172 Å². The zero-order valence-electron chi connectivity index (χ0n) is 38.5. The number of furan rings is 1. The molecule has 12 N–H and O–H groups in total. The average molecular weight is 886 g/mol. The quantitative estimate of drug-likeness (QED) is 0.0380. The number of aliphatic hydroxyl groups is 4. The Balaban J connectivity index is 0.852. The van der Waals surface area contributed by atoms with Crippen molar-refractivity contribution in [2.24, 2.45) is 28.7 Å². The minimum absolute atomic E-state index is 0.00331. The number of allylic oxidation sites excluding steroid dienone is 2. The second kappa shape index (κ2) is 23.1. The Morgan fingerprint density at radius 1 is 0.938 bits per heavy atom. The van der Waals surface area contributed by atoms with Crippen molar-refractivity contribution in [3.05, 3.63) is 93.5 Å². The molecule has 0 saturated heterocycles. The number of aryl methyl sites for hydroxylation is 3. The molecule has 1 aliphatic heterocycles. The number of benzene rings is 1. The number of aromatic nitrogens is 1. The molecule has 7 rings (SSSR count). The molecule has 4 aliphatic rings. The Morgan fingerprint density at radius 3 is 2.56 bits per heavy atom. The number of phenols is 1. The highest BCUT2D eigenvalue weighted by Gasteiger charge is 2.51. The van der Waals surface area contributed by atoms with Gasteiger partial charge < -0.3 is 61.8 Å². The van der Waals surface area contributed by atoms with Gasteiger partial charge in [-0.1, -0.05) is 50.7 Å². The van der Waals surface area contributed by atoms with Crippen molar-refractivity contribution in [1.29, 1.82) is 0 Å². The maximum Gasteiger partial charge on any atom is 0.161 e. The summed E-state index contributed by atoms with van der Waals surface area (Å²) in [5.74, 6) is 4.36. The summed E-state index contributed by atoms with van der Waals surface area (Å²) in [7, 11) is 0. The van der Waals surface area contributed by atoms with Crippen LogP contribution in [0, 0.1) is 17.3 Å². The van der Waals surface area contributed by atoms with Crippen LogP contribution in [0.25, 0.3) is 0 Å². The highest BCUT2D eigenvalue weighted by atomic mass is 16.5. The van der Waals surface area contributed by atoms with Crippen LogP contribution in [-0.2, 0) is 32.3 Å². The summed E-state index contributed by atoms with van der Waals surface area (Å²) in [6.07, 6.45) is 22.6. The van der Waals surface area contributed by atoms with Crippen LogP contribution in [0.2, 0.25) is 0 Å². The van der Waals surface area contributed by atoms with E-state index in [0.717, 1.165) is 112 Å². The van der Waals surface area contributed by atoms with Gasteiger partial charge in [-0.15, -0.1) is 0 Å². The number of nitrogens with two attached hydrogens (primary N) is 2. The first-order chi connectivity index (χ1) is 31.0. The van der Waals surface area contributed by atoms with Gasteiger partial charge in [0.2, 0.25) is 0 Å². The summed E-state index contributed by atoms with van der Waals surface area (Å²) in [6.45, 7) is 3.89. The Kier molecular flexibility index (Phi) is 17.4. The van der Waals surface area contributed by atoms with Crippen LogP contribution in [0.15, 0.2) is 58.3 Å². The van der Waals surface area contributed by atoms with E-state index in [1.807, 2.05) is 31.2 Å². The van der Waals surface area contributed by atoms with Crippen molar-refractivity contribution in [1.82, 2.24) is 15.6 Å². The highest BCUT2D eigenvalue weighted by molar-refractivity contribution is 5.42. The van der Waals surface area contributed by atoms with Crippen LogP contribution < -0.4 is 26.8 Å². The predicted molar refractivity (Wildman–Crippen MR) is 252 cm³/mol. The van der Waals surface area contributed by atoms with E-state index in [4.69, 9.17) is 20.6 Å². The van der Waals surface area contributed by atoms with E-state index in [2.05, 4.69) is 27.8 Å². The number of ether oxygens (including phenoxy) is 1. The van der Waals surface area contributed by atoms with Crippen LogP contribution in [0.5, 0.6) is 11.5 Å². The molecule has 2 fully saturated rings. The van der Waals surface area contributed by atoms with Gasteiger partial charge in [0.15, 0.2) is 11.5 Å². The Morgan fingerprint density at radius 2 is 1.77 bits per heavy atom. The third kappa shape index (κ3) is 12.8. The Hall–Kier alpha value is -3.78. The zero-order valence-corrected chi connectivity index (χ0v) is 38.5. The molecule has 2 aromatic heterocycles. The van der Waals surface area contributed by atoms with E-state index in [1.165, 1.54) is 61.8 Å². The second-order valence-corrected chi connectivity index (χ2v) is 19.9. The third-order valence-electron chi connectivity index (χ3n) is 15.1. The van der Waals surface area contributed by atoms with Gasteiger partial charge in [0.05, 0.1) is 24.6 Å². The molecule has 3 heterocycles. The summed E-state index contributed by atoms with van der Waals surface area (Å²) in [5.41, 5.74) is 18.9. The van der Waals surface area contributed by atoms with E-state index < -0.39 is 12.2 Å². The number of unbranched alkanes of at least 4 members (excludes halogenated alkanes) is 3. The molecule has 3 aliphatic carbocycles. The predicted octanol–water partition coefficient (Wildman–Crippen LogP) is 7.36. The Labute approximate surface area is 381 Å². The molecule has 0 radical (unpaired) electrons. The Bertz CT molecular complexity index is 1980. The first-order valence-electron chi connectivity index (χ1n) is 24.8. The number of H-pyrrole nitrogens is 1. The van der Waals surface area contributed by atoms with Gasteiger partial charge in [0.1, 0.15) is 24.2 Å². The zero-order chi connectivity index (χ0) is 45.1. The summed E-state index contributed by atoms with van der Waals surface area (Å²) in [4.78, 5) is 3.68. The molecule has 7 unspecified atom stereocenters. The number of aromatic amines is 1. The lowest BCUT2D eigenvalue weighted by Crippen LogP contribution is -2.36. The summed E-state index contributed by atoms with van der Waals surface area (Å²) < 4.78 is 12.4. The summed E-state index contributed by atoms with van der Waals surface area (Å²) >= 11 is 0. The number of nitrogens with one attached hydrogen (secondary N) is 3. The van der Waals surface area contributed by atoms with Crippen LogP contribution in [-0.4, -0.2) is 75.0 Å². The first kappa shape index (κ1) is 48.2. The molecule has 64 heavy (non-hydrogen) atoms. The number of hydrogen-bond donors (Lipinski definition) is 10. The highest BCUT2D eigenvalue weighted by Crippen LogP contribution is 2.60. The molecule has 3 aromatic rings. The van der Waals surface area contributed by atoms with Crippen molar-refractivity contribution in [3.8, 4) is 11.5 Å². The van der Waals surface area contributed by atoms with Crippen LogP contribution in [0.4, 0.5) is 0 Å². The maximum absolute atomic E-state index is 11.5. The molecule has 1 aromatic carbocycles. The average Bonchev–Trinajstić information content (AvgIpc) is 4.11. The van der Waals surface area contributed by atoms with E-state index in [0.29, 0.717) is 54.6 Å². The number of dihydropyridines is 1. The van der Waals surface area contributed by atoms with Gasteiger partial charge in [0, 0.05) is 61.4 Å². The van der Waals surface area contributed by atoms with Gasteiger partial charge in [-0.2, -0.15) is 0 Å². The molecule has 1 spiro atoms. The molecule has 7 atom stereocenters. The molecule has 0 bridgehead atoms. The van der Waals surface area contributed by atoms with Crippen LogP contribution >= 0.6 is 0 Å². The van der Waals surface area contributed by atoms with Crippen LogP contribution in [0.1, 0.15) is 161 Å². The van der Waals surface area contributed by atoms with Gasteiger partial charge >= 0.3 is 0 Å². The number of fused-ring (bicyclic) bond motifs is 3. The van der Waals surface area contributed by atoms with Gasteiger partial charge in [-0.05, 0) is 148 Å². The third-order valence-corrected chi connectivity index (χ3v) is 15.1.